The quantitative estimate of drug-likeness (QED) is 0.607. The van der Waals surface area contributed by atoms with Crippen LogP contribution in [0.2, 0.25) is 0 Å². The number of carbonyl (C=O) groups excluding carboxylic acids is 1. The first-order chi connectivity index (χ1) is 13.2. The standard InChI is InChI=1S/C20H18N6O/c1-25-18-12-21-10-8-16(18)22-20(25)23-19(27)14-4-2-3-5-17(14)26-11-9-15(24-26)13-6-7-13/h2-5,8-13H,6-7H2,1H3,(H,22,23,27). The molecule has 1 aliphatic carbocycles. The van der Waals surface area contributed by atoms with Gasteiger partial charge in [-0.05, 0) is 37.1 Å². The second kappa shape index (κ2) is 6.05. The summed E-state index contributed by atoms with van der Waals surface area (Å²) in [5.41, 5.74) is 4.04. The van der Waals surface area contributed by atoms with Crippen LogP contribution >= 0.6 is 0 Å². The summed E-state index contributed by atoms with van der Waals surface area (Å²) in [5, 5.41) is 7.56. The molecule has 1 saturated carbocycles. The summed E-state index contributed by atoms with van der Waals surface area (Å²) in [4.78, 5) is 21.6. The Bertz CT molecular complexity index is 1150. The third-order valence-electron chi connectivity index (χ3n) is 4.91. The van der Waals surface area contributed by atoms with E-state index in [9.17, 15) is 4.79 Å². The van der Waals surface area contributed by atoms with Gasteiger partial charge in [0.2, 0.25) is 5.95 Å². The fourth-order valence-electron chi connectivity index (χ4n) is 3.25. The molecule has 1 N–H and O–H groups in total. The topological polar surface area (TPSA) is 77.6 Å². The summed E-state index contributed by atoms with van der Waals surface area (Å²) in [6.07, 6.45) is 7.72. The van der Waals surface area contributed by atoms with Crippen LogP contribution in [0.25, 0.3) is 16.7 Å². The summed E-state index contributed by atoms with van der Waals surface area (Å²) in [5.74, 6) is 0.832. The molecule has 0 aliphatic heterocycles. The van der Waals surface area contributed by atoms with Gasteiger partial charge in [-0.25, -0.2) is 9.67 Å². The molecule has 7 heteroatoms. The van der Waals surface area contributed by atoms with E-state index in [4.69, 9.17) is 0 Å². The molecule has 0 unspecified atom stereocenters. The maximum absolute atomic E-state index is 13.0. The van der Waals surface area contributed by atoms with Crippen LogP contribution in [-0.4, -0.2) is 30.2 Å². The Morgan fingerprint density at radius 2 is 2.04 bits per heavy atom. The van der Waals surface area contributed by atoms with Gasteiger partial charge in [-0.2, -0.15) is 5.10 Å². The molecule has 1 aromatic carbocycles. The van der Waals surface area contributed by atoms with Crippen molar-refractivity contribution < 1.29 is 4.79 Å². The fourth-order valence-corrected chi connectivity index (χ4v) is 3.25. The van der Waals surface area contributed by atoms with Crippen molar-refractivity contribution in [1.82, 2.24) is 24.3 Å². The smallest absolute Gasteiger partial charge is 0.260 e. The van der Waals surface area contributed by atoms with Crippen molar-refractivity contribution >= 4 is 22.9 Å². The lowest BCUT2D eigenvalue weighted by Gasteiger charge is -2.10. The van der Waals surface area contributed by atoms with Crippen molar-refractivity contribution in [3.8, 4) is 5.69 Å². The van der Waals surface area contributed by atoms with Gasteiger partial charge in [0.25, 0.3) is 5.91 Å². The van der Waals surface area contributed by atoms with E-state index in [0.717, 1.165) is 22.4 Å². The SMILES string of the molecule is Cn1c(NC(=O)c2ccccc2-n2ccc(C3CC3)n2)nc2ccncc21. The number of hydrogen-bond donors (Lipinski definition) is 1. The van der Waals surface area contributed by atoms with Gasteiger partial charge in [-0.3, -0.25) is 15.1 Å². The molecule has 4 aromatic rings. The number of aromatic nitrogens is 5. The zero-order valence-corrected chi connectivity index (χ0v) is 14.8. The van der Waals surface area contributed by atoms with Crippen molar-refractivity contribution in [2.45, 2.75) is 18.8 Å². The Labute approximate surface area is 155 Å². The minimum Gasteiger partial charge on any atom is -0.312 e. The number of amides is 1. The normalized spacial score (nSPS) is 13.8. The number of carbonyl (C=O) groups is 1. The minimum atomic E-state index is -0.222. The highest BCUT2D eigenvalue weighted by Crippen LogP contribution is 2.39. The lowest BCUT2D eigenvalue weighted by molar-refractivity contribution is 0.102. The summed E-state index contributed by atoms with van der Waals surface area (Å²) < 4.78 is 3.60. The molecule has 0 spiro atoms. The van der Waals surface area contributed by atoms with Crippen LogP contribution < -0.4 is 5.32 Å². The van der Waals surface area contributed by atoms with Gasteiger partial charge in [-0.15, -0.1) is 0 Å². The number of rotatable bonds is 4. The lowest BCUT2D eigenvalue weighted by Crippen LogP contribution is -2.17. The summed E-state index contributed by atoms with van der Waals surface area (Å²) in [6, 6.07) is 11.3. The number of para-hydroxylation sites is 1. The van der Waals surface area contributed by atoms with Gasteiger partial charge >= 0.3 is 0 Å². The zero-order valence-electron chi connectivity index (χ0n) is 14.8. The third kappa shape index (κ3) is 2.77. The van der Waals surface area contributed by atoms with Gasteiger partial charge in [0.15, 0.2) is 0 Å². The van der Waals surface area contributed by atoms with E-state index in [0.29, 0.717) is 17.4 Å². The molecule has 134 valence electrons. The maximum Gasteiger partial charge on any atom is 0.260 e. The van der Waals surface area contributed by atoms with E-state index in [-0.39, 0.29) is 5.91 Å². The van der Waals surface area contributed by atoms with Crippen LogP contribution in [-0.2, 0) is 7.05 Å². The monoisotopic (exact) mass is 358 g/mol. The molecular weight excluding hydrogens is 340 g/mol. The number of fused-ring (bicyclic) bond motifs is 1. The molecular formula is C20H18N6O. The average Bonchev–Trinajstić information content (AvgIpc) is 3.35. The number of anilines is 1. The Morgan fingerprint density at radius 3 is 2.85 bits per heavy atom. The number of hydrogen-bond acceptors (Lipinski definition) is 4. The van der Waals surface area contributed by atoms with Crippen molar-refractivity contribution in [3.63, 3.8) is 0 Å². The van der Waals surface area contributed by atoms with E-state index in [1.54, 1.807) is 23.1 Å². The van der Waals surface area contributed by atoms with E-state index in [1.807, 2.05) is 48.1 Å². The van der Waals surface area contributed by atoms with Crippen LogP contribution in [0.3, 0.4) is 0 Å². The predicted octanol–water partition coefficient (Wildman–Crippen LogP) is 3.28. The molecule has 3 heterocycles. The van der Waals surface area contributed by atoms with E-state index in [1.165, 1.54) is 12.8 Å². The van der Waals surface area contributed by atoms with Gasteiger partial charge < -0.3 is 4.57 Å². The Balaban J connectivity index is 1.48. The first kappa shape index (κ1) is 15.7. The summed E-state index contributed by atoms with van der Waals surface area (Å²) in [7, 11) is 1.86. The average molecular weight is 358 g/mol. The first-order valence-corrected chi connectivity index (χ1v) is 8.93. The lowest BCUT2D eigenvalue weighted by atomic mass is 10.1. The van der Waals surface area contributed by atoms with Crippen LogP contribution in [0.5, 0.6) is 0 Å². The van der Waals surface area contributed by atoms with Gasteiger partial charge in [0.05, 0.1) is 34.2 Å². The van der Waals surface area contributed by atoms with E-state index < -0.39 is 0 Å². The maximum atomic E-state index is 13.0. The molecule has 27 heavy (non-hydrogen) atoms. The summed E-state index contributed by atoms with van der Waals surface area (Å²) >= 11 is 0. The van der Waals surface area contributed by atoms with Gasteiger partial charge in [-0.1, -0.05) is 12.1 Å². The van der Waals surface area contributed by atoms with Gasteiger partial charge in [0, 0.05) is 25.4 Å². The number of pyridine rings is 1. The highest BCUT2D eigenvalue weighted by Gasteiger charge is 2.26. The van der Waals surface area contributed by atoms with Crippen LogP contribution in [0.1, 0.15) is 34.8 Å². The Hall–Kier alpha value is -3.48. The van der Waals surface area contributed by atoms with Crippen molar-refractivity contribution in [2.24, 2.45) is 7.05 Å². The van der Waals surface area contributed by atoms with Crippen LogP contribution in [0.4, 0.5) is 5.95 Å². The second-order valence-corrected chi connectivity index (χ2v) is 6.79. The van der Waals surface area contributed by atoms with Crippen molar-refractivity contribution in [1.29, 1.82) is 0 Å². The summed E-state index contributed by atoms with van der Waals surface area (Å²) in [6.45, 7) is 0. The Morgan fingerprint density at radius 1 is 1.19 bits per heavy atom. The van der Waals surface area contributed by atoms with E-state index in [2.05, 4.69) is 20.4 Å². The highest BCUT2D eigenvalue weighted by molar-refractivity contribution is 6.06. The third-order valence-corrected chi connectivity index (χ3v) is 4.91. The molecule has 0 radical (unpaired) electrons. The first-order valence-electron chi connectivity index (χ1n) is 8.93. The number of nitrogens with one attached hydrogen (secondary N) is 1. The molecule has 0 atom stereocenters. The molecule has 1 aliphatic rings. The van der Waals surface area contributed by atoms with E-state index >= 15 is 0 Å². The van der Waals surface area contributed by atoms with Crippen LogP contribution in [0.15, 0.2) is 55.0 Å². The van der Waals surface area contributed by atoms with Gasteiger partial charge in [0.1, 0.15) is 0 Å². The number of benzene rings is 1. The van der Waals surface area contributed by atoms with Crippen molar-refractivity contribution in [3.05, 3.63) is 66.2 Å². The highest BCUT2D eigenvalue weighted by atomic mass is 16.1. The number of aryl methyl sites for hydroxylation is 1. The minimum absolute atomic E-state index is 0.222. The molecule has 5 rings (SSSR count). The molecule has 1 fully saturated rings. The molecule has 1 amide bonds. The fraction of sp³-hybridized carbons (Fsp3) is 0.200. The number of nitrogens with zero attached hydrogens (tertiary/aromatic N) is 5. The van der Waals surface area contributed by atoms with Crippen LogP contribution in [0, 0.1) is 0 Å². The Kier molecular flexibility index (Phi) is 3.53. The molecule has 0 saturated heterocycles. The van der Waals surface area contributed by atoms with Crippen molar-refractivity contribution in [2.75, 3.05) is 5.32 Å². The molecule has 0 bridgehead atoms. The zero-order chi connectivity index (χ0) is 18.4. The molecule has 7 nitrogen and oxygen atoms in total. The molecule has 3 aromatic heterocycles. The largest absolute Gasteiger partial charge is 0.312 e. The second-order valence-electron chi connectivity index (χ2n) is 6.79. The predicted molar refractivity (Wildman–Crippen MR) is 102 cm³/mol. The number of imidazole rings is 1.